The van der Waals surface area contributed by atoms with Crippen LogP contribution in [-0.4, -0.2) is 17.6 Å². The van der Waals surface area contributed by atoms with Crippen LogP contribution in [0.3, 0.4) is 0 Å². The minimum absolute atomic E-state index is 0.164. The molecule has 0 saturated heterocycles. The van der Waals surface area contributed by atoms with Crippen molar-refractivity contribution in [3.63, 3.8) is 0 Å². The normalized spacial score (nSPS) is 10.4. The summed E-state index contributed by atoms with van der Waals surface area (Å²) >= 11 is 17.1. The van der Waals surface area contributed by atoms with Gasteiger partial charge in [0.2, 0.25) is 5.91 Å². The van der Waals surface area contributed by atoms with Crippen molar-refractivity contribution in [3.05, 3.63) is 58.1 Å². The van der Waals surface area contributed by atoms with Crippen LogP contribution < -0.4 is 15.4 Å². The van der Waals surface area contributed by atoms with Gasteiger partial charge < -0.3 is 15.4 Å². The highest BCUT2D eigenvalue weighted by Crippen LogP contribution is 2.27. The van der Waals surface area contributed by atoms with E-state index in [0.717, 1.165) is 12.1 Å². The summed E-state index contributed by atoms with van der Waals surface area (Å²) in [6, 6.07) is 13.1. The van der Waals surface area contributed by atoms with Gasteiger partial charge in [0, 0.05) is 17.1 Å². The Labute approximate surface area is 181 Å². The highest BCUT2D eigenvalue weighted by atomic mass is 35.5. The zero-order valence-electron chi connectivity index (χ0n) is 15.8. The average molecular weight is 439 g/mol. The number of aryl methyl sites for hydroxylation is 1. The molecule has 0 heterocycles. The van der Waals surface area contributed by atoms with Crippen LogP contribution in [-0.2, 0) is 11.2 Å². The summed E-state index contributed by atoms with van der Waals surface area (Å²) in [5, 5.41) is 6.98. The second-order valence-corrected chi connectivity index (χ2v) is 7.58. The topological polar surface area (TPSA) is 50.4 Å². The minimum Gasteiger partial charge on any atom is -0.492 e. The van der Waals surface area contributed by atoms with Crippen LogP contribution in [0.2, 0.25) is 10.0 Å². The van der Waals surface area contributed by atoms with Crippen molar-refractivity contribution in [3.8, 4) is 5.75 Å². The standard InChI is InChI=1S/C21H24Cl2N2O2S/c1-2-3-5-15-7-10-17(11-8-15)24-21(28)25-20(26)6-4-13-27-19-12-9-16(22)14-18(19)23/h7-12,14H,2-6,13H2,1H3,(H2,24,25,26,28). The molecule has 1 amide bonds. The molecular weight excluding hydrogens is 415 g/mol. The van der Waals surface area contributed by atoms with Crippen molar-refractivity contribution in [1.82, 2.24) is 5.32 Å². The summed E-state index contributed by atoms with van der Waals surface area (Å²) in [7, 11) is 0. The first-order valence-electron chi connectivity index (χ1n) is 9.25. The number of ether oxygens (including phenoxy) is 1. The lowest BCUT2D eigenvalue weighted by atomic mass is 10.1. The van der Waals surface area contributed by atoms with E-state index in [1.165, 1.54) is 18.4 Å². The maximum Gasteiger partial charge on any atom is 0.226 e. The summed E-state index contributed by atoms with van der Waals surface area (Å²) in [6.45, 7) is 2.55. The van der Waals surface area contributed by atoms with Crippen LogP contribution in [0.4, 0.5) is 5.69 Å². The van der Waals surface area contributed by atoms with Gasteiger partial charge in [-0.15, -0.1) is 0 Å². The fourth-order valence-corrected chi connectivity index (χ4v) is 3.19. The van der Waals surface area contributed by atoms with E-state index in [2.05, 4.69) is 29.7 Å². The number of carbonyl (C=O) groups excluding carboxylic acids is 1. The molecular formula is C21H24Cl2N2O2S. The number of amides is 1. The van der Waals surface area contributed by atoms with Gasteiger partial charge in [0.1, 0.15) is 5.75 Å². The molecule has 2 N–H and O–H groups in total. The van der Waals surface area contributed by atoms with Gasteiger partial charge in [-0.05, 0) is 67.4 Å². The number of rotatable bonds is 9. The van der Waals surface area contributed by atoms with Crippen molar-refractivity contribution >= 4 is 52.1 Å². The molecule has 0 spiro atoms. The van der Waals surface area contributed by atoms with Crippen LogP contribution in [0.5, 0.6) is 5.75 Å². The zero-order valence-corrected chi connectivity index (χ0v) is 18.1. The van der Waals surface area contributed by atoms with Crippen molar-refractivity contribution < 1.29 is 9.53 Å². The lowest BCUT2D eigenvalue weighted by Gasteiger charge is -2.11. The van der Waals surface area contributed by atoms with E-state index in [1.54, 1.807) is 18.2 Å². The first-order valence-corrected chi connectivity index (χ1v) is 10.4. The lowest BCUT2D eigenvalue weighted by Crippen LogP contribution is -2.34. The smallest absolute Gasteiger partial charge is 0.226 e. The molecule has 0 unspecified atom stereocenters. The Morgan fingerprint density at radius 1 is 1.11 bits per heavy atom. The number of halogens is 2. The average Bonchev–Trinajstić information content (AvgIpc) is 2.66. The maximum absolute atomic E-state index is 12.0. The lowest BCUT2D eigenvalue weighted by molar-refractivity contribution is -0.119. The molecule has 7 heteroatoms. The van der Waals surface area contributed by atoms with E-state index in [-0.39, 0.29) is 11.0 Å². The SMILES string of the molecule is CCCCc1ccc(NC(=S)NC(=O)CCCOc2ccc(Cl)cc2Cl)cc1. The highest BCUT2D eigenvalue weighted by Gasteiger charge is 2.07. The minimum atomic E-state index is -0.164. The fourth-order valence-electron chi connectivity index (χ4n) is 2.49. The number of anilines is 1. The largest absolute Gasteiger partial charge is 0.492 e. The molecule has 150 valence electrons. The Hall–Kier alpha value is -1.82. The van der Waals surface area contributed by atoms with Gasteiger partial charge in [-0.1, -0.05) is 48.7 Å². The zero-order chi connectivity index (χ0) is 20.4. The predicted octanol–water partition coefficient (Wildman–Crippen LogP) is 6.01. The van der Waals surface area contributed by atoms with Crippen molar-refractivity contribution in [2.75, 3.05) is 11.9 Å². The Bertz CT molecular complexity index is 797. The molecule has 0 bridgehead atoms. The second kappa shape index (κ2) is 11.9. The molecule has 0 atom stereocenters. The first-order chi connectivity index (χ1) is 13.5. The number of benzene rings is 2. The number of unbranched alkanes of at least 4 members (excludes halogenated alkanes) is 1. The molecule has 2 aromatic carbocycles. The van der Waals surface area contributed by atoms with E-state index >= 15 is 0 Å². The Morgan fingerprint density at radius 2 is 1.86 bits per heavy atom. The van der Waals surface area contributed by atoms with Gasteiger partial charge in [0.15, 0.2) is 5.11 Å². The summed E-state index contributed by atoms with van der Waals surface area (Å²) in [6.07, 6.45) is 4.26. The second-order valence-electron chi connectivity index (χ2n) is 6.33. The third-order valence-corrected chi connectivity index (χ3v) is 4.72. The number of hydrogen-bond donors (Lipinski definition) is 2. The van der Waals surface area contributed by atoms with E-state index in [1.807, 2.05) is 12.1 Å². The van der Waals surface area contributed by atoms with Crippen LogP contribution in [0.25, 0.3) is 0 Å². The van der Waals surface area contributed by atoms with E-state index in [0.29, 0.717) is 35.2 Å². The molecule has 0 fully saturated rings. The third-order valence-electron chi connectivity index (χ3n) is 3.98. The first kappa shape index (κ1) is 22.5. The Morgan fingerprint density at radius 3 is 2.54 bits per heavy atom. The summed E-state index contributed by atoms with van der Waals surface area (Å²) < 4.78 is 5.56. The van der Waals surface area contributed by atoms with Crippen LogP contribution >= 0.6 is 35.4 Å². The molecule has 28 heavy (non-hydrogen) atoms. The van der Waals surface area contributed by atoms with Crippen LogP contribution in [0.15, 0.2) is 42.5 Å². The van der Waals surface area contributed by atoms with Gasteiger partial charge in [-0.2, -0.15) is 0 Å². The molecule has 0 aliphatic carbocycles. The Balaban J connectivity index is 1.67. The monoisotopic (exact) mass is 438 g/mol. The maximum atomic E-state index is 12.0. The van der Waals surface area contributed by atoms with E-state index in [9.17, 15) is 4.79 Å². The van der Waals surface area contributed by atoms with Crippen LogP contribution in [0.1, 0.15) is 38.2 Å². The van der Waals surface area contributed by atoms with Gasteiger partial charge in [-0.3, -0.25) is 4.79 Å². The number of nitrogens with one attached hydrogen (secondary N) is 2. The molecule has 2 aromatic rings. The summed E-state index contributed by atoms with van der Waals surface area (Å²) in [5.41, 5.74) is 2.15. The number of hydrogen-bond acceptors (Lipinski definition) is 3. The molecule has 0 aliphatic heterocycles. The summed E-state index contributed by atoms with van der Waals surface area (Å²) in [5.74, 6) is 0.383. The van der Waals surface area contributed by atoms with Gasteiger partial charge in [0.25, 0.3) is 0 Å². The quantitative estimate of drug-likeness (QED) is 0.371. The van der Waals surface area contributed by atoms with Crippen molar-refractivity contribution in [2.45, 2.75) is 39.0 Å². The molecule has 0 aliphatic rings. The molecule has 0 saturated carbocycles. The van der Waals surface area contributed by atoms with Crippen molar-refractivity contribution in [1.29, 1.82) is 0 Å². The van der Waals surface area contributed by atoms with Crippen molar-refractivity contribution in [2.24, 2.45) is 0 Å². The number of carbonyl (C=O) groups is 1. The summed E-state index contributed by atoms with van der Waals surface area (Å²) in [4.78, 5) is 12.0. The molecule has 0 radical (unpaired) electrons. The van der Waals surface area contributed by atoms with E-state index < -0.39 is 0 Å². The fraction of sp³-hybridized carbons (Fsp3) is 0.333. The third kappa shape index (κ3) is 8.05. The molecule has 4 nitrogen and oxygen atoms in total. The Kier molecular flexibility index (Phi) is 9.55. The predicted molar refractivity (Wildman–Crippen MR) is 121 cm³/mol. The van der Waals surface area contributed by atoms with E-state index in [4.69, 9.17) is 40.2 Å². The van der Waals surface area contributed by atoms with Gasteiger partial charge >= 0.3 is 0 Å². The highest BCUT2D eigenvalue weighted by molar-refractivity contribution is 7.80. The van der Waals surface area contributed by atoms with Gasteiger partial charge in [-0.25, -0.2) is 0 Å². The van der Waals surface area contributed by atoms with Gasteiger partial charge in [0.05, 0.1) is 11.6 Å². The van der Waals surface area contributed by atoms with Crippen LogP contribution in [0, 0.1) is 0 Å². The molecule has 0 aromatic heterocycles. The molecule has 2 rings (SSSR count). The number of thiocarbonyl (C=S) groups is 1.